The number of carbonyl (C=O) groups is 2. The van der Waals surface area contributed by atoms with Gasteiger partial charge in [0.15, 0.2) is 0 Å². The maximum absolute atomic E-state index is 12.3. The van der Waals surface area contributed by atoms with Crippen molar-refractivity contribution in [3.05, 3.63) is 29.8 Å². The second-order valence-electron chi connectivity index (χ2n) is 5.29. The zero-order chi connectivity index (χ0) is 14.7. The molecule has 1 fully saturated rings. The highest BCUT2D eigenvalue weighted by Crippen LogP contribution is 2.19. The molecule has 0 aliphatic carbocycles. The predicted octanol–water partition coefficient (Wildman–Crippen LogP) is 1.33. The normalized spacial score (nSPS) is 15.6. The number of piperazine rings is 1. The summed E-state index contributed by atoms with van der Waals surface area (Å²) >= 11 is 0. The van der Waals surface area contributed by atoms with Crippen molar-refractivity contribution in [2.45, 2.75) is 13.8 Å². The van der Waals surface area contributed by atoms with E-state index in [2.05, 4.69) is 0 Å². The van der Waals surface area contributed by atoms with Crippen LogP contribution in [0.15, 0.2) is 24.3 Å². The van der Waals surface area contributed by atoms with Gasteiger partial charge >= 0.3 is 0 Å². The van der Waals surface area contributed by atoms with E-state index in [0.29, 0.717) is 31.7 Å². The number of hydrogen-bond donors (Lipinski definition) is 1. The lowest BCUT2D eigenvalue weighted by molar-refractivity contribution is -0.135. The Morgan fingerprint density at radius 1 is 1.05 bits per heavy atom. The van der Waals surface area contributed by atoms with Crippen LogP contribution in [-0.2, 0) is 4.79 Å². The first-order valence-electron chi connectivity index (χ1n) is 6.86. The van der Waals surface area contributed by atoms with E-state index in [1.165, 1.54) is 6.07 Å². The van der Waals surface area contributed by atoms with Crippen LogP contribution in [0, 0.1) is 5.92 Å². The molecule has 0 spiro atoms. The van der Waals surface area contributed by atoms with Crippen LogP contribution in [0.3, 0.4) is 0 Å². The first kappa shape index (κ1) is 14.4. The fourth-order valence-corrected chi connectivity index (χ4v) is 2.32. The average molecular weight is 276 g/mol. The van der Waals surface area contributed by atoms with Gasteiger partial charge in [0.1, 0.15) is 5.75 Å². The number of phenols is 1. The zero-order valence-corrected chi connectivity index (χ0v) is 11.9. The first-order valence-corrected chi connectivity index (χ1v) is 6.86. The van der Waals surface area contributed by atoms with Crippen molar-refractivity contribution in [3.63, 3.8) is 0 Å². The monoisotopic (exact) mass is 276 g/mol. The smallest absolute Gasteiger partial charge is 0.257 e. The molecule has 0 radical (unpaired) electrons. The number of nitrogens with zero attached hydrogens (tertiary/aromatic N) is 2. The zero-order valence-electron chi connectivity index (χ0n) is 11.9. The molecule has 2 amide bonds. The highest BCUT2D eigenvalue weighted by atomic mass is 16.3. The van der Waals surface area contributed by atoms with E-state index in [9.17, 15) is 14.7 Å². The summed E-state index contributed by atoms with van der Waals surface area (Å²) in [7, 11) is 0. The van der Waals surface area contributed by atoms with Gasteiger partial charge in [-0.25, -0.2) is 0 Å². The highest BCUT2D eigenvalue weighted by Gasteiger charge is 2.26. The summed E-state index contributed by atoms with van der Waals surface area (Å²) in [5, 5.41) is 9.71. The molecule has 1 aliphatic heterocycles. The molecule has 5 nitrogen and oxygen atoms in total. The van der Waals surface area contributed by atoms with Gasteiger partial charge in [-0.05, 0) is 12.1 Å². The maximum atomic E-state index is 12.3. The van der Waals surface area contributed by atoms with E-state index in [-0.39, 0.29) is 23.5 Å². The van der Waals surface area contributed by atoms with E-state index >= 15 is 0 Å². The Hall–Kier alpha value is -2.04. The predicted molar refractivity (Wildman–Crippen MR) is 75.4 cm³/mol. The molecule has 1 aromatic carbocycles. The third-order valence-corrected chi connectivity index (χ3v) is 3.51. The summed E-state index contributed by atoms with van der Waals surface area (Å²) in [6.45, 7) is 5.87. The van der Waals surface area contributed by atoms with Gasteiger partial charge in [-0.15, -0.1) is 0 Å². The number of rotatable bonds is 2. The molecule has 1 saturated heterocycles. The second kappa shape index (κ2) is 5.94. The summed E-state index contributed by atoms with van der Waals surface area (Å²) in [5.74, 6) is -0.0759. The summed E-state index contributed by atoms with van der Waals surface area (Å²) in [5.41, 5.74) is 0.316. The van der Waals surface area contributed by atoms with Gasteiger partial charge in [0.05, 0.1) is 5.56 Å². The van der Waals surface area contributed by atoms with Crippen LogP contribution in [-0.4, -0.2) is 52.9 Å². The van der Waals surface area contributed by atoms with Crippen LogP contribution in [0.2, 0.25) is 0 Å². The van der Waals surface area contributed by atoms with E-state index in [1.807, 2.05) is 13.8 Å². The Kier molecular flexibility index (Phi) is 4.27. The lowest BCUT2D eigenvalue weighted by atomic mass is 10.1. The number of hydrogen-bond acceptors (Lipinski definition) is 3. The molecule has 1 heterocycles. The molecule has 1 aliphatic rings. The third kappa shape index (κ3) is 2.92. The van der Waals surface area contributed by atoms with Gasteiger partial charge < -0.3 is 14.9 Å². The highest BCUT2D eigenvalue weighted by molar-refractivity contribution is 5.97. The van der Waals surface area contributed by atoms with Crippen LogP contribution in [0.1, 0.15) is 24.2 Å². The molecule has 0 saturated carbocycles. The molecule has 0 aromatic heterocycles. The largest absolute Gasteiger partial charge is 0.507 e. The third-order valence-electron chi connectivity index (χ3n) is 3.51. The molecule has 0 bridgehead atoms. The van der Waals surface area contributed by atoms with Crippen molar-refractivity contribution >= 4 is 11.8 Å². The Morgan fingerprint density at radius 3 is 2.15 bits per heavy atom. The fraction of sp³-hybridized carbons (Fsp3) is 0.467. The van der Waals surface area contributed by atoms with Gasteiger partial charge in [0.25, 0.3) is 5.91 Å². The molecule has 2 rings (SSSR count). The van der Waals surface area contributed by atoms with Crippen molar-refractivity contribution in [2.75, 3.05) is 26.2 Å². The average Bonchev–Trinajstić information content (AvgIpc) is 2.46. The molecule has 1 aromatic rings. The van der Waals surface area contributed by atoms with Crippen LogP contribution in [0.25, 0.3) is 0 Å². The maximum Gasteiger partial charge on any atom is 0.257 e. The van der Waals surface area contributed by atoms with Crippen molar-refractivity contribution < 1.29 is 14.7 Å². The summed E-state index contributed by atoms with van der Waals surface area (Å²) < 4.78 is 0. The summed E-state index contributed by atoms with van der Waals surface area (Å²) in [4.78, 5) is 27.6. The second-order valence-corrected chi connectivity index (χ2v) is 5.29. The van der Waals surface area contributed by atoms with Gasteiger partial charge in [-0.3, -0.25) is 9.59 Å². The number of aromatic hydroxyl groups is 1. The minimum atomic E-state index is -0.181. The first-order chi connectivity index (χ1) is 9.50. The van der Waals surface area contributed by atoms with Gasteiger partial charge in [-0.2, -0.15) is 0 Å². The molecule has 1 N–H and O–H groups in total. The Morgan fingerprint density at radius 2 is 1.60 bits per heavy atom. The Bertz CT molecular complexity index is 506. The minimum absolute atomic E-state index is 0.00168. The molecule has 108 valence electrons. The van der Waals surface area contributed by atoms with E-state index in [1.54, 1.807) is 28.0 Å². The lowest BCUT2D eigenvalue weighted by Gasteiger charge is -2.35. The lowest BCUT2D eigenvalue weighted by Crippen LogP contribution is -2.51. The van der Waals surface area contributed by atoms with Crippen LogP contribution in [0.5, 0.6) is 5.75 Å². The van der Waals surface area contributed by atoms with Crippen LogP contribution >= 0.6 is 0 Å². The van der Waals surface area contributed by atoms with Gasteiger partial charge in [0, 0.05) is 32.1 Å². The molecular formula is C15H20N2O3. The number of carbonyl (C=O) groups excluding carboxylic acids is 2. The minimum Gasteiger partial charge on any atom is -0.507 e. The molecule has 0 atom stereocenters. The molecule has 20 heavy (non-hydrogen) atoms. The van der Waals surface area contributed by atoms with Crippen molar-refractivity contribution in [3.8, 4) is 5.75 Å². The topological polar surface area (TPSA) is 60.9 Å². The summed E-state index contributed by atoms with van der Waals surface area (Å²) in [6.07, 6.45) is 0. The summed E-state index contributed by atoms with van der Waals surface area (Å²) in [6, 6.07) is 6.53. The number of phenolic OH excluding ortho intramolecular Hbond substituents is 1. The van der Waals surface area contributed by atoms with Crippen LogP contribution < -0.4 is 0 Å². The Labute approximate surface area is 118 Å². The molecule has 5 heteroatoms. The SMILES string of the molecule is CC(C)C(=O)N1CCN(C(=O)c2ccccc2O)CC1. The van der Waals surface area contributed by atoms with Crippen LogP contribution in [0.4, 0.5) is 0 Å². The van der Waals surface area contributed by atoms with E-state index in [4.69, 9.17) is 0 Å². The van der Waals surface area contributed by atoms with Crippen molar-refractivity contribution in [2.24, 2.45) is 5.92 Å². The quantitative estimate of drug-likeness (QED) is 0.886. The van der Waals surface area contributed by atoms with Gasteiger partial charge in [-0.1, -0.05) is 26.0 Å². The standard InChI is InChI=1S/C15H20N2O3/c1-11(2)14(19)16-7-9-17(10-8-16)15(20)12-5-3-4-6-13(12)18/h3-6,11,18H,7-10H2,1-2H3. The molecular weight excluding hydrogens is 256 g/mol. The Balaban J connectivity index is 1.99. The number of amides is 2. The van der Waals surface area contributed by atoms with E-state index in [0.717, 1.165) is 0 Å². The molecule has 0 unspecified atom stereocenters. The van der Waals surface area contributed by atoms with Crippen molar-refractivity contribution in [1.82, 2.24) is 9.80 Å². The fourth-order valence-electron chi connectivity index (χ4n) is 2.32. The number of benzene rings is 1. The number of para-hydroxylation sites is 1. The van der Waals surface area contributed by atoms with E-state index < -0.39 is 0 Å². The van der Waals surface area contributed by atoms with Crippen molar-refractivity contribution in [1.29, 1.82) is 0 Å². The van der Waals surface area contributed by atoms with Gasteiger partial charge in [0.2, 0.25) is 5.91 Å².